The van der Waals surface area contributed by atoms with E-state index < -0.39 is 0 Å². The van der Waals surface area contributed by atoms with Crippen molar-refractivity contribution < 1.29 is 0 Å². The van der Waals surface area contributed by atoms with Gasteiger partial charge in [-0.1, -0.05) is 37.3 Å². The van der Waals surface area contributed by atoms with Crippen molar-refractivity contribution in [2.24, 2.45) is 0 Å². The van der Waals surface area contributed by atoms with E-state index in [1.807, 2.05) is 26.0 Å². The summed E-state index contributed by atoms with van der Waals surface area (Å²) in [5.41, 5.74) is 3.37. The van der Waals surface area contributed by atoms with Crippen LogP contribution >= 0.6 is 0 Å². The highest BCUT2D eigenvalue weighted by molar-refractivity contribution is 5.20. The van der Waals surface area contributed by atoms with Crippen molar-refractivity contribution in [1.82, 2.24) is 15.3 Å². The van der Waals surface area contributed by atoms with E-state index in [2.05, 4.69) is 46.5 Å². The summed E-state index contributed by atoms with van der Waals surface area (Å²) in [7, 11) is 0. The predicted molar refractivity (Wildman–Crippen MR) is 82.7 cm³/mol. The fourth-order valence-corrected chi connectivity index (χ4v) is 2.38. The van der Waals surface area contributed by atoms with Crippen LogP contribution in [0.1, 0.15) is 42.2 Å². The molecule has 1 heterocycles. The lowest BCUT2D eigenvalue weighted by molar-refractivity contribution is 0.517. The van der Waals surface area contributed by atoms with Crippen LogP contribution in [0.15, 0.2) is 36.4 Å². The van der Waals surface area contributed by atoms with E-state index in [0.29, 0.717) is 0 Å². The quantitative estimate of drug-likeness (QED) is 0.873. The minimum Gasteiger partial charge on any atom is -0.310 e. The number of hydrogen-bond acceptors (Lipinski definition) is 3. The first kappa shape index (κ1) is 14.7. The number of nitrogens with zero attached hydrogens (tertiary/aromatic N) is 2. The van der Waals surface area contributed by atoms with Gasteiger partial charge in [0.1, 0.15) is 5.82 Å². The third kappa shape index (κ3) is 4.14. The van der Waals surface area contributed by atoms with E-state index >= 15 is 0 Å². The van der Waals surface area contributed by atoms with Crippen LogP contribution < -0.4 is 5.32 Å². The van der Waals surface area contributed by atoms with Crippen molar-refractivity contribution in [3.05, 3.63) is 59.2 Å². The summed E-state index contributed by atoms with van der Waals surface area (Å²) in [5.74, 6) is 0.917. The molecule has 0 fully saturated rings. The van der Waals surface area contributed by atoms with Crippen molar-refractivity contribution in [1.29, 1.82) is 0 Å². The Bertz CT molecular complexity index is 517. The second-order valence-electron chi connectivity index (χ2n) is 5.19. The lowest BCUT2D eigenvalue weighted by Crippen LogP contribution is -2.25. The maximum Gasteiger partial charge on any atom is 0.130 e. The zero-order valence-corrected chi connectivity index (χ0v) is 12.6. The topological polar surface area (TPSA) is 37.8 Å². The second-order valence-corrected chi connectivity index (χ2v) is 5.19. The summed E-state index contributed by atoms with van der Waals surface area (Å²) in [6.45, 7) is 7.23. The number of aromatic nitrogens is 2. The first-order valence-electron chi connectivity index (χ1n) is 7.28. The van der Waals surface area contributed by atoms with Gasteiger partial charge in [0.2, 0.25) is 0 Å². The molecule has 3 nitrogen and oxygen atoms in total. The van der Waals surface area contributed by atoms with Gasteiger partial charge in [0.15, 0.2) is 0 Å². The molecule has 0 aliphatic rings. The monoisotopic (exact) mass is 269 g/mol. The smallest absolute Gasteiger partial charge is 0.130 e. The molecule has 0 bridgehead atoms. The second kappa shape index (κ2) is 7.15. The first-order chi connectivity index (χ1) is 9.69. The molecule has 0 saturated carbocycles. The summed E-state index contributed by atoms with van der Waals surface area (Å²) in [6.07, 6.45) is 1.95. The zero-order chi connectivity index (χ0) is 14.4. The number of aryl methyl sites for hydroxylation is 2. The van der Waals surface area contributed by atoms with Gasteiger partial charge in [-0.2, -0.15) is 0 Å². The van der Waals surface area contributed by atoms with E-state index in [1.165, 1.54) is 5.56 Å². The van der Waals surface area contributed by atoms with E-state index in [9.17, 15) is 0 Å². The van der Waals surface area contributed by atoms with Crippen molar-refractivity contribution in [3.8, 4) is 0 Å². The number of hydrogen-bond donors (Lipinski definition) is 1. The molecule has 0 amide bonds. The highest BCUT2D eigenvalue weighted by atomic mass is 14.9. The lowest BCUT2D eigenvalue weighted by atomic mass is 10.0. The highest BCUT2D eigenvalue weighted by Crippen LogP contribution is 2.17. The molecule has 1 unspecified atom stereocenters. The molecule has 106 valence electrons. The maximum absolute atomic E-state index is 4.56. The molecule has 1 N–H and O–H groups in total. The summed E-state index contributed by atoms with van der Waals surface area (Å²) >= 11 is 0. The predicted octanol–water partition coefficient (Wildman–Crippen LogP) is 3.38. The molecular weight excluding hydrogens is 246 g/mol. The highest BCUT2D eigenvalue weighted by Gasteiger charge is 2.13. The largest absolute Gasteiger partial charge is 0.310 e. The number of benzene rings is 1. The Morgan fingerprint density at radius 2 is 1.70 bits per heavy atom. The molecule has 0 saturated heterocycles. The molecule has 1 aromatic carbocycles. The molecule has 1 aromatic heterocycles. The van der Waals surface area contributed by atoms with Gasteiger partial charge >= 0.3 is 0 Å². The Morgan fingerprint density at radius 1 is 1.05 bits per heavy atom. The number of nitrogens with one attached hydrogen (secondary N) is 1. The van der Waals surface area contributed by atoms with Crippen LogP contribution in [0, 0.1) is 13.8 Å². The van der Waals surface area contributed by atoms with Crippen LogP contribution in [-0.2, 0) is 6.42 Å². The van der Waals surface area contributed by atoms with Crippen molar-refractivity contribution in [2.45, 2.75) is 39.7 Å². The maximum atomic E-state index is 4.56. The van der Waals surface area contributed by atoms with Crippen LogP contribution in [0.25, 0.3) is 0 Å². The van der Waals surface area contributed by atoms with E-state index in [-0.39, 0.29) is 6.04 Å². The average Bonchev–Trinajstić information content (AvgIpc) is 2.43. The van der Waals surface area contributed by atoms with Gasteiger partial charge in [0, 0.05) is 23.9 Å². The van der Waals surface area contributed by atoms with E-state index in [0.717, 1.165) is 36.6 Å². The Kier molecular flexibility index (Phi) is 5.24. The van der Waals surface area contributed by atoms with Crippen molar-refractivity contribution in [2.75, 3.05) is 6.54 Å². The Hall–Kier alpha value is -1.74. The van der Waals surface area contributed by atoms with Crippen LogP contribution in [0.4, 0.5) is 0 Å². The molecule has 0 aliphatic heterocycles. The number of rotatable bonds is 6. The summed E-state index contributed by atoms with van der Waals surface area (Å²) in [6, 6.07) is 12.8. The molecule has 2 rings (SSSR count). The van der Waals surface area contributed by atoms with Crippen LogP contribution in [0.5, 0.6) is 0 Å². The summed E-state index contributed by atoms with van der Waals surface area (Å²) in [5, 5.41) is 3.59. The molecular formula is C17H23N3. The summed E-state index contributed by atoms with van der Waals surface area (Å²) in [4.78, 5) is 9.11. The third-order valence-corrected chi connectivity index (χ3v) is 3.26. The Balaban J connectivity index is 2.19. The van der Waals surface area contributed by atoms with Crippen LogP contribution in [0.2, 0.25) is 0 Å². The third-order valence-electron chi connectivity index (χ3n) is 3.26. The minimum absolute atomic E-state index is 0.275. The summed E-state index contributed by atoms with van der Waals surface area (Å²) < 4.78 is 0. The molecule has 2 aromatic rings. The Labute approximate surface area is 121 Å². The fourth-order valence-electron chi connectivity index (χ4n) is 2.38. The molecule has 0 spiro atoms. The van der Waals surface area contributed by atoms with Gasteiger partial charge in [0.05, 0.1) is 0 Å². The lowest BCUT2D eigenvalue weighted by Gasteiger charge is -2.18. The van der Waals surface area contributed by atoms with Gasteiger partial charge in [-0.15, -0.1) is 0 Å². The molecule has 0 radical (unpaired) electrons. The van der Waals surface area contributed by atoms with Gasteiger partial charge in [0.25, 0.3) is 0 Å². The van der Waals surface area contributed by atoms with Crippen molar-refractivity contribution in [3.63, 3.8) is 0 Å². The molecule has 1 atom stereocenters. The van der Waals surface area contributed by atoms with Crippen LogP contribution in [0.3, 0.4) is 0 Å². The van der Waals surface area contributed by atoms with E-state index in [4.69, 9.17) is 0 Å². The molecule has 0 aliphatic carbocycles. The van der Waals surface area contributed by atoms with E-state index in [1.54, 1.807) is 0 Å². The van der Waals surface area contributed by atoms with Gasteiger partial charge in [-0.25, -0.2) is 9.97 Å². The first-order valence-corrected chi connectivity index (χ1v) is 7.28. The standard InChI is InChI=1S/C17H23N3/c1-4-10-18-16(15-8-6-5-7-9-15)12-17-19-13(2)11-14(3)20-17/h5-9,11,16,18H,4,10,12H2,1-3H3. The Morgan fingerprint density at radius 3 is 2.30 bits per heavy atom. The SMILES string of the molecule is CCCNC(Cc1nc(C)cc(C)n1)c1ccccc1. The average molecular weight is 269 g/mol. The zero-order valence-electron chi connectivity index (χ0n) is 12.6. The van der Waals surface area contributed by atoms with Crippen LogP contribution in [-0.4, -0.2) is 16.5 Å². The van der Waals surface area contributed by atoms with Gasteiger partial charge in [-0.05, 0) is 38.4 Å². The fraction of sp³-hybridized carbons (Fsp3) is 0.412. The molecule has 20 heavy (non-hydrogen) atoms. The van der Waals surface area contributed by atoms with Gasteiger partial charge in [-0.3, -0.25) is 0 Å². The minimum atomic E-state index is 0.275. The van der Waals surface area contributed by atoms with Gasteiger partial charge < -0.3 is 5.32 Å². The normalized spacial score (nSPS) is 12.3. The van der Waals surface area contributed by atoms with Crippen molar-refractivity contribution >= 4 is 0 Å². The molecule has 3 heteroatoms.